The van der Waals surface area contributed by atoms with Crippen LogP contribution in [0.4, 0.5) is 0 Å². The lowest BCUT2D eigenvalue weighted by molar-refractivity contribution is -0.145. The maximum Gasteiger partial charge on any atom is 0.306 e. The highest BCUT2D eigenvalue weighted by molar-refractivity contribution is 6.34. The van der Waals surface area contributed by atoms with E-state index in [9.17, 15) is 9.90 Å². The van der Waals surface area contributed by atoms with Crippen LogP contribution in [0.25, 0.3) is 0 Å². The number of carboxylic acids is 1. The van der Waals surface area contributed by atoms with Crippen molar-refractivity contribution in [1.82, 2.24) is 0 Å². The normalized spacial score (nSPS) is 26.2. The van der Waals surface area contributed by atoms with Gasteiger partial charge in [-0.2, -0.15) is 0 Å². The van der Waals surface area contributed by atoms with Gasteiger partial charge >= 0.3 is 5.97 Å². The quantitative estimate of drug-likeness (QED) is 0.893. The zero-order chi connectivity index (χ0) is 14.8. The van der Waals surface area contributed by atoms with Gasteiger partial charge in [-0.05, 0) is 43.9 Å². The lowest BCUT2D eigenvalue weighted by Gasteiger charge is -2.34. The van der Waals surface area contributed by atoms with Crippen molar-refractivity contribution in [3.63, 3.8) is 0 Å². The molecule has 2 N–H and O–H groups in total. The standard InChI is InChI=1S/C14H16Cl2O4/c15-10-5-11(16)7-12(6-10)20-8-14(19)3-1-9(2-4-14)13(17)18/h5-7,9,19H,1-4,8H2,(H,17,18). The van der Waals surface area contributed by atoms with Gasteiger partial charge in [-0.3, -0.25) is 4.79 Å². The average molecular weight is 319 g/mol. The topological polar surface area (TPSA) is 66.8 Å². The Hall–Kier alpha value is -0.970. The highest BCUT2D eigenvalue weighted by Crippen LogP contribution is 2.33. The summed E-state index contributed by atoms with van der Waals surface area (Å²) in [6, 6.07) is 4.85. The largest absolute Gasteiger partial charge is 0.490 e. The SMILES string of the molecule is O=C(O)C1CCC(O)(COc2cc(Cl)cc(Cl)c2)CC1. The number of hydrogen-bond acceptors (Lipinski definition) is 3. The van der Waals surface area contributed by atoms with Crippen molar-refractivity contribution in [1.29, 1.82) is 0 Å². The smallest absolute Gasteiger partial charge is 0.306 e. The molecule has 0 spiro atoms. The first-order chi connectivity index (χ1) is 9.38. The molecule has 0 bridgehead atoms. The molecule has 1 saturated carbocycles. The van der Waals surface area contributed by atoms with Gasteiger partial charge in [0.15, 0.2) is 0 Å². The van der Waals surface area contributed by atoms with E-state index >= 15 is 0 Å². The van der Waals surface area contributed by atoms with Crippen LogP contribution in [0, 0.1) is 5.92 Å². The number of carboxylic acid groups (broad SMARTS) is 1. The van der Waals surface area contributed by atoms with E-state index in [1.54, 1.807) is 18.2 Å². The van der Waals surface area contributed by atoms with Gasteiger partial charge in [0.25, 0.3) is 0 Å². The summed E-state index contributed by atoms with van der Waals surface area (Å²) >= 11 is 11.7. The maximum absolute atomic E-state index is 10.9. The molecule has 1 aliphatic rings. The Bertz CT molecular complexity index is 476. The molecule has 0 saturated heterocycles. The Morgan fingerprint density at radius 1 is 1.25 bits per heavy atom. The molecule has 0 aromatic heterocycles. The number of benzene rings is 1. The third-order valence-electron chi connectivity index (χ3n) is 3.61. The Morgan fingerprint density at radius 3 is 2.30 bits per heavy atom. The summed E-state index contributed by atoms with van der Waals surface area (Å²) in [5, 5.41) is 20.3. The number of rotatable bonds is 4. The highest BCUT2D eigenvalue weighted by atomic mass is 35.5. The lowest BCUT2D eigenvalue weighted by Crippen LogP contribution is -2.41. The third kappa shape index (κ3) is 4.01. The minimum absolute atomic E-state index is 0.107. The van der Waals surface area contributed by atoms with Gasteiger partial charge in [0.1, 0.15) is 12.4 Å². The molecule has 20 heavy (non-hydrogen) atoms. The second kappa shape index (κ2) is 6.20. The summed E-state index contributed by atoms with van der Waals surface area (Å²) in [5.41, 5.74) is -0.985. The monoisotopic (exact) mass is 318 g/mol. The summed E-state index contributed by atoms with van der Waals surface area (Å²) in [6.07, 6.45) is 1.76. The Balaban J connectivity index is 1.92. The molecule has 0 unspecified atom stereocenters. The van der Waals surface area contributed by atoms with E-state index in [1.807, 2.05) is 0 Å². The molecule has 1 fully saturated rings. The van der Waals surface area contributed by atoms with Crippen LogP contribution in [0.15, 0.2) is 18.2 Å². The van der Waals surface area contributed by atoms with E-state index in [0.717, 1.165) is 0 Å². The Labute approximate surface area is 127 Å². The summed E-state index contributed by atoms with van der Waals surface area (Å²) < 4.78 is 5.54. The highest BCUT2D eigenvalue weighted by Gasteiger charge is 2.36. The van der Waals surface area contributed by atoms with Gasteiger partial charge in [-0.1, -0.05) is 23.2 Å². The molecule has 2 rings (SSSR count). The van der Waals surface area contributed by atoms with E-state index in [1.165, 1.54) is 0 Å². The van der Waals surface area contributed by atoms with Crippen LogP contribution in [0.1, 0.15) is 25.7 Å². The van der Waals surface area contributed by atoms with Crippen molar-refractivity contribution in [2.45, 2.75) is 31.3 Å². The number of halogens is 2. The number of aliphatic hydroxyl groups is 1. The van der Waals surface area contributed by atoms with Crippen LogP contribution in [0.5, 0.6) is 5.75 Å². The molecule has 0 amide bonds. The minimum atomic E-state index is -0.985. The van der Waals surface area contributed by atoms with Crippen LogP contribution in [0.3, 0.4) is 0 Å². The minimum Gasteiger partial charge on any atom is -0.490 e. The molecule has 1 aromatic carbocycles. The predicted molar refractivity (Wildman–Crippen MR) is 76.5 cm³/mol. The summed E-state index contributed by atoms with van der Waals surface area (Å²) in [5.74, 6) is -0.665. The van der Waals surface area contributed by atoms with Gasteiger partial charge < -0.3 is 14.9 Å². The first kappa shape index (κ1) is 15.4. The second-order valence-electron chi connectivity index (χ2n) is 5.23. The van der Waals surface area contributed by atoms with E-state index in [4.69, 9.17) is 33.0 Å². The van der Waals surface area contributed by atoms with Gasteiger partial charge in [0, 0.05) is 10.0 Å². The van der Waals surface area contributed by atoms with Gasteiger partial charge in [0.2, 0.25) is 0 Å². The molecule has 0 aliphatic heterocycles. The summed E-state index contributed by atoms with van der Waals surface area (Å²) in [7, 11) is 0. The molecule has 4 nitrogen and oxygen atoms in total. The van der Waals surface area contributed by atoms with Crippen molar-refractivity contribution in [2.24, 2.45) is 5.92 Å². The first-order valence-corrected chi connectivity index (χ1v) is 7.18. The second-order valence-corrected chi connectivity index (χ2v) is 6.10. The predicted octanol–water partition coefficient (Wildman–Crippen LogP) is 3.38. The van der Waals surface area contributed by atoms with Gasteiger partial charge in [-0.25, -0.2) is 0 Å². The van der Waals surface area contributed by atoms with Crippen LogP contribution >= 0.6 is 23.2 Å². The molecule has 0 radical (unpaired) electrons. The number of hydrogen-bond donors (Lipinski definition) is 2. The number of aliphatic carboxylic acids is 1. The van der Waals surface area contributed by atoms with Crippen molar-refractivity contribution < 1.29 is 19.7 Å². The first-order valence-electron chi connectivity index (χ1n) is 6.42. The fourth-order valence-electron chi connectivity index (χ4n) is 2.38. The zero-order valence-electron chi connectivity index (χ0n) is 10.8. The Kier molecular flexibility index (Phi) is 4.78. The third-order valence-corrected chi connectivity index (χ3v) is 4.05. The van der Waals surface area contributed by atoms with Crippen molar-refractivity contribution in [2.75, 3.05) is 6.61 Å². The van der Waals surface area contributed by atoms with Crippen molar-refractivity contribution in [3.05, 3.63) is 28.2 Å². The molecular weight excluding hydrogens is 303 g/mol. The summed E-state index contributed by atoms with van der Waals surface area (Å²) in [4.78, 5) is 10.9. The van der Waals surface area contributed by atoms with Crippen molar-refractivity contribution >= 4 is 29.2 Å². The van der Waals surface area contributed by atoms with E-state index < -0.39 is 11.6 Å². The molecule has 0 atom stereocenters. The zero-order valence-corrected chi connectivity index (χ0v) is 12.3. The fraction of sp³-hybridized carbons (Fsp3) is 0.500. The van der Waals surface area contributed by atoms with E-state index in [0.29, 0.717) is 41.5 Å². The van der Waals surface area contributed by atoms with E-state index in [-0.39, 0.29) is 12.5 Å². The fourth-order valence-corrected chi connectivity index (χ4v) is 2.88. The molecule has 1 aliphatic carbocycles. The molecule has 1 aromatic rings. The molecule has 0 heterocycles. The number of ether oxygens (including phenoxy) is 1. The van der Waals surface area contributed by atoms with E-state index in [2.05, 4.69) is 0 Å². The van der Waals surface area contributed by atoms with Crippen LogP contribution in [-0.2, 0) is 4.79 Å². The lowest BCUT2D eigenvalue weighted by atomic mass is 9.79. The summed E-state index contributed by atoms with van der Waals surface area (Å²) in [6.45, 7) is 0.107. The number of carbonyl (C=O) groups is 1. The molecular formula is C14H16Cl2O4. The van der Waals surface area contributed by atoms with Gasteiger partial charge in [0.05, 0.1) is 11.5 Å². The molecule has 110 valence electrons. The molecule has 6 heteroatoms. The van der Waals surface area contributed by atoms with Crippen LogP contribution < -0.4 is 4.74 Å². The average Bonchev–Trinajstić information content (AvgIpc) is 2.36. The van der Waals surface area contributed by atoms with Crippen molar-refractivity contribution in [3.8, 4) is 5.75 Å². The Morgan fingerprint density at radius 2 is 1.80 bits per heavy atom. The van der Waals surface area contributed by atoms with Crippen LogP contribution in [-0.4, -0.2) is 28.4 Å². The van der Waals surface area contributed by atoms with Crippen LogP contribution in [0.2, 0.25) is 10.0 Å². The maximum atomic E-state index is 10.9. The van der Waals surface area contributed by atoms with Gasteiger partial charge in [-0.15, -0.1) is 0 Å².